The number of isocyanates is 1. The van der Waals surface area contributed by atoms with Crippen LogP contribution in [0.3, 0.4) is 0 Å². The van der Waals surface area contributed by atoms with Gasteiger partial charge in [-0.25, -0.2) is 9.79 Å². The molecule has 0 saturated heterocycles. The number of carbonyl (C=O) groups excluding carboxylic acids is 1. The molecular weight excluding hydrogens is 214 g/mol. The lowest BCUT2D eigenvalue weighted by molar-refractivity contribution is 0.456. The van der Waals surface area contributed by atoms with Crippen LogP contribution in [0.15, 0.2) is 17.1 Å². The van der Waals surface area contributed by atoms with Crippen LogP contribution in [0, 0.1) is 0 Å². The Balaban J connectivity index is 3.35. The first-order valence-electron chi connectivity index (χ1n) is 5.87. The Bertz CT molecular complexity index is 444. The molecule has 1 rings (SSSR count). The standard InChI is InChI=1S/C14H19NO2/c1-9(2)11-5-6-12(10(3)4)14(17)13(11)7-15-8-16/h5-6,9-10,17H,7H2,1-4H3. The number of aliphatic imine (C=N–C) groups is 1. The van der Waals surface area contributed by atoms with Gasteiger partial charge in [-0.05, 0) is 23.0 Å². The maximum atomic E-state index is 10.2. The highest BCUT2D eigenvalue weighted by Gasteiger charge is 2.16. The summed E-state index contributed by atoms with van der Waals surface area (Å²) in [6.45, 7) is 8.35. The van der Waals surface area contributed by atoms with Crippen molar-refractivity contribution in [1.82, 2.24) is 0 Å². The molecular formula is C14H19NO2. The third kappa shape index (κ3) is 2.95. The van der Waals surface area contributed by atoms with Crippen LogP contribution in [0.5, 0.6) is 5.75 Å². The highest BCUT2D eigenvalue weighted by molar-refractivity contribution is 5.49. The van der Waals surface area contributed by atoms with Crippen LogP contribution in [0.25, 0.3) is 0 Å². The third-order valence-corrected chi connectivity index (χ3v) is 2.90. The molecule has 0 saturated carbocycles. The Kier molecular flexibility index (Phi) is 4.47. The molecule has 0 atom stereocenters. The highest BCUT2D eigenvalue weighted by atomic mass is 16.3. The van der Waals surface area contributed by atoms with E-state index in [4.69, 9.17) is 0 Å². The Morgan fingerprint density at radius 1 is 1.18 bits per heavy atom. The average Bonchev–Trinajstić information content (AvgIpc) is 2.26. The summed E-state index contributed by atoms with van der Waals surface area (Å²) in [5, 5.41) is 10.2. The number of benzene rings is 1. The molecule has 0 heterocycles. The summed E-state index contributed by atoms with van der Waals surface area (Å²) in [4.78, 5) is 13.8. The maximum absolute atomic E-state index is 10.2. The average molecular weight is 233 g/mol. The molecule has 0 aromatic heterocycles. The molecule has 1 N–H and O–H groups in total. The molecule has 0 aliphatic heterocycles. The fourth-order valence-electron chi connectivity index (χ4n) is 1.95. The van der Waals surface area contributed by atoms with Crippen molar-refractivity contribution in [2.45, 2.75) is 46.1 Å². The van der Waals surface area contributed by atoms with Crippen molar-refractivity contribution in [3.8, 4) is 5.75 Å². The number of phenols is 1. The van der Waals surface area contributed by atoms with Crippen LogP contribution >= 0.6 is 0 Å². The zero-order chi connectivity index (χ0) is 13.0. The van der Waals surface area contributed by atoms with Gasteiger partial charge in [0.2, 0.25) is 6.08 Å². The fraction of sp³-hybridized carbons (Fsp3) is 0.500. The molecule has 3 heteroatoms. The third-order valence-electron chi connectivity index (χ3n) is 2.90. The van der Waals surface area contributed by atoms with E-state index < -0.39 is 0 Å². The number of rotatable bonds is 4. The van der Waals surface area contributed by atoms with Crippen molar-refractivity contribution in [2.24, 2.45) is 4.99 Å². The smallest absolute Gasteiger partial charge is 0.235 e. The number of hydrogen-bond donors (Lipinski definition) is 1. The molecule has 0 spiro atoms. The largest absolute Gasteiger partial charge is 0.507 e. The molecule has 17 heavy (non-hydrogen) atoms. The highest BCUT2D eigenvalue weighted by Crippen LogP contribution is 2.34. The summed E-state index contributed by atoms with van der Waals surface area (Å²) in [5.74, 6) is 0.805. The molecule has 3 nitrogen and oxygen atoms in total. The van der Waals surface area contributed by atoms with Gasteiger partial charge in [0.1, 0.15) is 5.75 Å². The molecule has 0 aliphatic rings. The Morgan fingerprint density at radius 2 is 1.71 bits per heavy atom. The Hall–Kier alpha value is -1.60. The minimum atomic E-state index is 0.198. The molecule has 1 aromatic rings. The monoisotopic (exact) mass is 233 g/mol. The van der Waals surface area contributed by atoms with Crippen LogP contribution in [0.1, 0.15) is 56.2 Å². The lowest BCUT2D eigenvalue weighted by atomic mass is 9.91. The van der Waals surface area contributed by atoms with Gasteiger partial charge in [0.15, 0.2) is 0 Å². The quantitative estimate of drug-likeness (QED) is 0.639. The van der Waals surface area contributed by atoms with E-state index in [1.165, 1.54) is 6.08 Å². The van der Waals surface area contributed by atoms with Crippen LogP contribution in [-0.4, -0.2) is 11.2 Å². The molecule has 0 unspecified atom stereocenters. The molecule has 92 valence electrons. The molecule has 0 bridgehead atoms. The predicted octanol–water partition coefficient (Wildman–Crippen LogP) is 3.47. The van der Waals surface area contributed by atoms with Crippen molar-refractivity contribution >= 4 is 6.08 Å². The summed E-state index contributed by atoms with van der Waals surface area (Å²) in [6.07, 6.45) is 1.52. The van der Waals surface area contributed by atoms with E-state index in [-0.39, 0.29) is 18.2 Å². The summed E-state index contributed by atoms with van der Waals surface area (Å²) >= 11 is 0. The van der Waals surface area contributed by atoms with Gasteiger partial charge in [0.05, 0.1) is 6.54 Å². The SMILES string of the molecule is CC(C)c1ccc(C(C)C)c(CN=C=O)c1O. The van der Waals surface area contributed by atoms with Crippen molar-refractivity contribution in [3.05, 3.63) is 28.8 Å². The van der Waals surface area contributed by atoms with Gasteiger partial charge in [-0.1, -0.05) is 39.8 Å². The number of phenolic OH excluding ortho intramolecular Hbond substituents is 1. The van der Waals surface area contributed by atoms with Gasteiger partial charge >= 0.3 is 0 Å². The molecule has 1 aromatic carbocycles. The predicted molar refractivity (Wildman–Crippen MR) is 68.1 cm³/mol. The lowest BCUT2D eigenvalue weighted by Crippen LogP contribution is -2.00. The topological polar surface area (TPSA) is 49.7 Å². The zero-order valence-corrected chi connectivity index (χ0v) is 10.8. The van der Waals surface area contributed by atoms with Crippen molar-refractivity contribution in [1.29, 1.82) is 0 Å². The lowest BCUT2D eigenvalue weighted by Gasteiger charge is -2.17. The van der Waals surface area contributed by atoms with Gasteiger partial charge in [-0.15, -0.1) is 0 Å². The minimum absolute atomic E-state index is 0.198. The molecule has 0 radical (unpaired) electrons. The first-order chi connectivity index (χ1) is 7.99. The van der Waals surface area contributed by atoms with Crippen molar-refractivity contribution < 1.29 is 9.90 Å². The summed E-state index contributed by atoms with van der Waals surface area (Å²) in [7, 11) is 0. The summed E-state index contributed by atoms with van der Waals surface area (Å²) in [5.41, 5.74) is 2.67. The summed E-state index contributed by atoms with van der Waals surface area (Å²) in [6, 6.07) is 3.96. The van der Waals surface area contributed by atoms with Gasteiger partial charge in [0, 0.05) is 5.56 Å². The zero-order valence-electron chi connectivity index (χ0n) is 10.8. The van der Waals surface area contributed by atoms with E-state index in [9.17, 15) is 9.90 Å². The Labute approximate surface area is 102 Å². The van der Waals surface area contributed by atoms with Gasteiger partial charge < -0.3 is 5.11 Å². The van der Waals surface area contributed by atoms with Crippen molar-refractivity contribution in [3.63, 3.8) is 0 Å². The van der Waals surface area contributed by atoms with Crippen LogP contribution in [0.4, 0.5) is 0 Å². The van der Waals surface area contributed by atoms with E-state index >= 15 is 0 Å². The second-order valence-corrected chi connectivity index (χ2v) is 4.79. The van der Waals surface area contributed by atoms with E-state index in [0.717, 1.165) is 16.7 Å². The number of nitrogens with zero attached hydrogens (tertiary/aromatic N) is 1. The van der Waals surface area contributed by atoms with E-state index in [1.54, 1.807) is 0 Å². The van der Waals surface area contributed by atoms with Gasteiger partial charge in [0.25, 0.3) is 0 Å². The van der Waals surface area contributed by atoms with Crippen LogP contribution in [0.2, 0.25) is 0 Å². The first-order valence-corrected chi connectivity index (χ1v) is 5.87. The molecule has 0 fully saturated rings. The number of hydrogen-bond acceptors (Lipinski definition) is 3. The fourth-order valence-corrected chi connectivity index (χ4v) is 1.95. The van der Waals surface area contributed by atoms with Crippen LogP contribution in [-0.2, 0) is 11.3 Å². The van der Waals surface area contributed by atoms with E-state index in [1.807, 2.05) is 26.0 Å². The minimum Gasteiger partial charge on any atom is -0.507 e. The van der Waals surface area contributed by atoms with E-state index in [0.29, 0.717) is 5.92 Å². The van der Waals surface area contributed by atoms with Gasteiger partial charge in [-0.3, -0.25) is 0 Å². The van der Waals surface area contributed by atoms with Crippen LogP contribution < -0.4 is 0 Å². The Morgan fingerprint density at radius 3 is 2.18 bits per heavy atom. The molecule has 0 amide bonds. The number of aromatic hydroxyl groups is 1. The first kappa shape index (κ1) is 13.5. The van der Waals surface area contributed by atoms with Crippen molar-refractivity contribution in [2.75, 3.05) is 0 Å². The van der Waals surface area contributed by atoms with Gasteiger partial charge in [-0.2, -0.15) is 0 Å². The summed E-state index contributed by atoms with van der Waals surface area (Å²) < 4.78 is 0. The second kappa shape index (κ2) is 5.65. The maximum Gasteiger partial charge on any atom is 0.235 e. The van der Waals surface area contributed by atoms with E-state index in [2.05, 4.69) is 18.8 Å². The normalized spacial score (nSPS) is 10.7. The second-order valence-electron chi connectivity index (χ2n) is 4.79. The molecule has 0 aliphatic carbocycles.